The lowest BCUT2D eigenvalue weighted by Gasteiger charge is -2.37. The lowest BCUT2D eigenvalue weighted by atomic mass is 9.67. The van der Waals surface area contributed by atoms with Crippen molar-refractivity contribution < 1.29 is 13.6 Å². The number of benzene rings is 1. The summed E-state index contributed by atoms with van der Waals surface area (Å²) in [5.74, 6) is -1.17. The Kier molecular flexibility index (Phi) is 3.99. The van der Waals surface area contributed by atoms with E-state index >= 15 is 0 Å². The Balaban J connectivity index is 2.30. The first-order valence-corrected chi connectivity index (χ1v) is 6.68. The van der Waals surface area contributed by atoms with Crippen LogP contribution in [0.2, 0.25) is 0 Å². The number of Topliss-reactive ketones (excluding diaryl/α,β-unsaturated/α-hetero) is 1. The average Bonchev–Trinajstić information content (AvgIpc) is 2.39. The van der Waals surface area contributed by atoms with E-state index in [2.05, 4.69) is 6.92 Å². The summed E-state index contributed by atoms with van der Waals surface area (Å²) in [4.78, 5) is 12.5. The molecule has 0 spiro atoms. The van der Waals surface area contributed by atoms with E-state index < -0.39 is 17.0 Å². The number of carbonyl (C=O) groups excluding carboxylic acids is 1. The van der Waals surface area contributed by atoms with Crippen LogP contribution in [0.15, 0.2) is 18.2 Å². The van der Waals surface area contributed by atoms with E-state index in [-0.39, 0.29) is 17.9 Å². The average molecular weight is 267 g/mol. The van der Waals surface area contributed by atoms with E-state index in [0.29, 0.717) is 18.8 Å². The summed E-state index contributed by atoms with van der Waals surface area (Å²) < 4.78 is 26.6. The molecule has 19 heavy (non-hydrogen) atoms. The fraction of sp³-hybridized carbons (Fsp3) is 0.533. The van der Waals surface area contributed by atoms with E-state index in [1.165, 1.54) is 6.07 Å². The van der Waals surface area contributed by atoms with Gasteiger partial charge in [0.15, 0.2) is 5.78 Å². The van der Waals surface area contributed by atoms with Gasteiger partial charge in [0.25, 0.3) is 0 Å². The van der Waals surface area contributed by atoms with Crippen LogP contribution in [0.4, 0.5) is 8.78 Å². The van der Waals surface area contributed by atoms with Gasteiger partial charge >= 0.3 is 0 Å². The molecule has 2 N–H and O–H groups in total. The Hall–Kier alpha value is -1.29. The molecule has 1 aliphatic carbocycles. The highest BCUT2D eigenvalue weighted by Crippen LogP contribution is 2.40. The molecule has 0 saturated heterocycles. The molecule has 0 bridgehead atoms. The monoisotopic (exact) mass is 267 g/mol. The van der Waals surface area contributed by atoms with Gasteiger partial charge in [0.05, 0.1) is 5.56 Å². The van der Waals surface area contributed by atoms with Crippen molar-refractivity contribution in [1.82, 2.24) is 0 Å². The summed E-state index contributed by atoms with van der Waals surface area (Å²) in [6.45, 7) is 2.36. The minimum atomic E-state index is -0.795. The Labute approximate surface area is 112 Å². The summed E-state index contributed by atoms with van der Waals surface area (Å²) in [6.07, 6.45) is 3.21. The maximum atomic E-state index is 13.7. The highest BCUT2D eigenvalue weighted by Gasteiger charge is 2.41. The molecule has 0 radical (unpaired) electrons. The van der Waals surface area contributed by atoms with E-state index in [4.69, 9.17) is 5.73 Å². The van der Waals surface area contributed by atoms with Gasteiger partial charge < -0.3 is 5.73 Å². The van der Waals surface area contributed by atoms with Gasteiger partial charge in [-0.05, 0) is 43.7 Å². The van der Waals surface area contributed by atoms with Crippen LogP contribution in [0.5, 0.6) is 0 Å². The zero-order chi connectivity index (χ0) is 14.0. The molecule has 2 nitrogen and oxygen atoms in total. The summed E-state index contributed by atoms with van der Waals surface area (Å²) in [5.41, 5.74) is 5.07. The lowest BCUT2D eigenvalue weighted by molar-refractivity contribution is 0.0691. The number of halogens is 2. The van der Waals surface area contributed by atoms with Crippen LogP contribution in [0.25, 0.3) is 0 Å². The van der Waals surface area contributed by atoms with Crippen LogP contribution in [0.3, 0.4) is 0 Å². The quantitative estimate of drug-likeness (QED) is 0.854. The normalized spacial score (nSPS) is 27.3. The lowest BCUT2D eigenvalue weighted by Crippen LogP contribution is -2.42. The maximum absolute atomic E-state index is 13.7. The first-order valence-electron chi connectivity index (χ1n) is 6.68. The zero-order valence-electron chi connectivity index (χ0n) is 11.1. The van der Waals surface area contributed by atoms with Gasteiger partial charge in [-0.2, -0.15) is 0 Å². The standard InChI is InChI=1S/C15H19F2NO/c1-10-4-6-15(9-18,7-5-10)14(19)12-3-2-11(16)8-13(12)17/h2-3,8,10H,4-7,9,18H2,1H3. The van der Waals surface area contributed by atoms with Gasteiger partial charge in [0, 0.05) is 18.0 Å². The van der Waals surface area contributed by atoms with Crippen LogP contribution in [0, 0.1) is 23.0 Å². The van der Waals surface area contributed by atoms with Crippen LogP contribution in [0.1, 0.15) is 43.0 Å². The number of ketones is 1. The maximum Gasteiger partial charge on any atom is 0.173 e. The minimum Gasteiger partial charge on any atom is -0.329 e. The summed E-state index contributed by atoms with van der Waals surface area (Å²) in [5, 5.41) is 0. The van der Waals surface area contributed by atoms with E-state index in [9.17, 15) is 13.6 Å². The zero-order valence-corrected chi connectivity index (χ0v) is 11.1. The predicted octanol–water partition coefficient (Wildman–Crippen LogP) is 3.30. The van der Waals surface area contributed by atoms with Gasteiger partial charge in [-0.15, -0.1) is 0 Å². The Bertz CT molecular complexity index is 479. The largest absolute Gasteiger partial charge is 0.329 e. The molecule has 1 saturated carbocycles. The second kappa shape index (κ2) is 5.37. The van der Waals surface area contributed by atoms with Crippen LogP contribution >= 0.6 is 0 Å². The number of carbonyl (C=O) groups is 1. The molecule has 0 atom stereocenters. The van der Waals surface area contributed by atoms with Crippen LogP contribution in [-0.2, 0) is 0 Å². The molecule has 1 aliphatic rings. The van der Waals surface area contributed by atoms with E-state index in [0.717, 1.165) is 25.0 Å². The van der Waals surface area contributed by atoms with E-state index in [1.54, 1.807) is 0 Å². The van der Waals surface area contributed by atoms with Crippen LogP contribution < -0.4 is 5.73 Å². The molecule has 0 heterocycles. The van der Waals surface area contributed by atoms with Crippen molar-refractivity contribution >= 4 is 5.78 Å². The molecule has 4 heteroatoms. The third-order valence-electron chi connectivity index (χ3n) is 4.28. The molecule has 0 aliphatic heterocycles. The molecule has 2 rings (SSSR count). The molecule has 0 amide bonds. The second-order valence-corrected chi connectivity index (χ2v) is 5.62. The highest BCUT2D eigenvalue weighted by molar-refractivity contribution is 6.01. The number of nitrogens with two attached hydrogens (primary N) is 1. The van der Waals surface area contributed by atoms with Crippen molar-refractivity contribution in [3.05, 3.63) is 35.4 Å². The number of hydrogen-bond donors (Lipinski definition) is 1. The molecule has 1 fully saturated rings. The fourth-order valence-corrected chi connectivity index (χ4v) is 2.80. The Morgan fingerprint density at radius 1 is 1.37 bits per heavy atom. The molecular formula is C15H19F2NO. The van der Waals surface area contributed by atoms with Crippen molar-refractivity contribution in [1.29, 1.82) is 0 Å². The summed E-state index contributed by atoms with van der Waals surface area (Å²) in [7, 11) is 0. The first-order chi connectivity index (χ1) is 8.98. The first kappa shape index (κ1) is 14.1. The molecular weight excluding hydrogens is 248 g/mol. The molecule has 0 unspecified atom stereocenters. The smallest absolute Gasteiger partial charge is 0.173 e. The van der Waals surface area contributed by atoms with Crippen molar-refractivity contribution in [2.45, 2.75) is 32.6 Å². The Morgan fingerprint density at radius 2 is 2.00 bits per heavy atom. The molecule has 1 aromatic rings. The SMILES string of the molecule is CC1CCC(CN)(C(=O)c2ccc(F)cc2F)CC1. The molecule has 1 aromatic carbocycles. The van der Waals surface area contributed by atoms with Crippen molar-refractivity contribution in [2.75, 3.05) is 6.54 Å². The third kappa shape index (κ3) is 2.68. The van der Waals surface area contributed by atoms with Crippen molar-refractivity contribution in [3.63, 3.8) is 0 Å². The van der Waals surface area contributed by atoms with Gasteiger partial charge in [0.1, 0.15) is 11.6 Å². The number of rotatable bonds is 3. The minimum absolute atomic E-state index is 0.0404. The second-order valence-electron chi connectivity index (χ2n) is 5.62. The van der Waals surface area contributed by atoms with Crippen molar-refractivity contribution in [2.24, 2.45) is 17.1 Å². The highest BCUT2D eigenvalue weighted by atomic mass is 19.1. The topological polar surface area (TPSA) is 43.1 Å². The number of hydrogen-bond acceptors (Lipinski definition) is 2. The van der Waals surface area contributed by atoms with Crippen molar-refractivity contribution in [3.8, 4) is 0 Å². The molecule has 0 aromatic heterocycles. The summed E-state index contributed by atoms with van der Waals surface area (Å²) >= 11 is 0. The van der Waals surface area contributed by atoms with Gasteiger partial charge in [-0.3, -0.25) is 4.79 Å². The van der Waals surface area contributed by atoms with E-state index in [1.807, 2.05) is 0 Å². The van der Waals surface area contributed by atoms with Gasteiger partial charge in [0.2, 0.25) is 0 Å². The predicted molar refractivity (Wildman–Crippen MR) is 69.8 cm³/mol. The summed E-state index contributed by atoms with van der Waals surface area (Å²) in [6, 6.07) is 3.09. The molecule has 104 valence electrons. The third-order valence-corrected chi connectivity index (χ3v) is 4.28. The fourth-order valence-electron chi connectivity index (χ4n) is 2.80. The van der Waals surface area contributed by atoms with Gasteiger partial charge in [-0.1, -0.05) is 6.92 Å². The van der Waals surface area contributed by atoms with Gasteiger partial charge in [-0.25, -0.2) is 8.78 Å². The van der Waals surface area contributed by atoms with Crippen LogP contribution in [-0.4, -0.2) is 12.3 Å². The Morgan fingerprint density at radius 3 is 2.53 bits per heavy atom.